The number of carbonyl (C=O) groups is 1. The van der Waals surface area contributed by atoms with E-state index in [1.807, 2.05) is 24.3 Å². The van der Waals surface area contributed by atoms with Crippen molar-refractivity contribution in [3.05, 3.63) is 60.3 Å². The van der Waals surface area contributed by atoms with Crippen molar-refractivity contribution in [1.82, 2.24) is 4.98 Å². The fourth-order valence-electron chi connectivity index (χ4n) is 2.40. The highest BCUT2D eigenvalue weighted by Crippen LogP contribution is 2.28. The normalized spacial score (nSPS) is 10.3. The SMILES string of the molecule is COc1cc(NC(=O)c2ccccc2OC)c2ncccc2c1. The molecule has 0 aliphatic carbocycles. The number of hydrogen-bond acceptors (Lipinski definition) is 4. The van der Waals surface area contributed by atoms with Crippen LogP contribution in [0.5, 0.6) is 11.5 Å². The molecule has 1 amide bonds. The van der Waals surface area contributed by atoms with E-state index in [0.717, 1.165) is 5.39 Å². The van der Waals surface area contributed by atoms with Crippen LogP contribution in [-0.4, -0.2) is 25.1 Å². The van der Waals surface area contributed by atoms with Gasteiger partial charge in [-0.1, -0.05) is 18.2 Å². The molecule has 0 saturated carbocycles. The number of fused-ring (bicyclic) bond motifs is 1. The predicted molar refractivity (Wildman–Crippen MR) is 89.2 cm³/mol. The minimum atomic E-state index is -0.261. The van der Waals surface area contributed by atoms with Crippen LogP contribution in [0.25, 0.3) is 10.9 Å². The fourth-order valence-corrected chi connectivity index (χ4v) is 2.40. The predicted octanol–water partition coefficient (Wildman–Crippen LogP) is 3.50. The van der Waals surface area contributed by atoms with E-state index in [9.17, 15) is 4.79 Å². The van der Waals surface area contributed by atoms with E-state index in [2.05, 4.69) is 10.3 Å². The molecule has 1 aromatic heterocycles. The van der Waals surface area contributed by atoms with Gasteiger partial charge in [0.25, 0.3) is 5.91 Å². The Balaban J connectivity index is 2.02. The van der Waals surface area contributed by atoms with Crippen LogP contribution in [0.4, 0.5) is 5.69 Å². The number of rotatable bonds is 4. The van der Waals surface area contributed by atoms with E-state index < -0.39 is 0 Å². The molecule has 1 N–H and O–H groups in total. The van der Waals surface area contributed by atoms with Gasteiger partial charge in [0.15, 0.2) is 0 Å². The number of hydrogen-bond donors (Lipinski definition) is 1. The van der Waals surface area contributed by atoms with Crippen molar-refractivity contribution in [3.63, 3.8) is 0 Å². The topological polar surface area (TPSA) is 60.5 Å². The quantitative estimate of drug-likeness (QED) is 0.801. The third kappa shape index (κ3) is 2.94. The van der Waals surface area contributed by atoms with Crippen LogP contribution in [-0.2, 0) is 0 Å². The van der Waals surface area contributed by atoms with E-state index in [0.29, 0.717) is 28.3 Å². The maximum atomic E-state index is 12.6. The summed E-state index contributed by atoms with van der Waals surface area (Å²) < 4.78 is 10.5. The summed E-state index contributed by atoms with van der Waals surface area (Å²) in [7, 11) is 3.12. The zero-order valence-corrected chi connectivity index (χ0v) is 12.9. The van der Waals surface area contributed by atoms with Crippen molar-refractivity contribution in [1.29, 1.82) is 0 Å². The fraction of sp³-hybridized carbons (Fsp3) is 0.111. The molecule has 116 valence electrons. The van der Waals surface area contributed by atoms with Crippen LogP contribution in [0.2, 0.25) is 0 Å². The molecule has 23 heavy (non-hydrogen) atoms. The first-order valence-electron chi connectivity index (χ1n) is 7.10. The monoisotopic (exact) mass is 308 g/mol. The minimum absolute atomic E-state index is 0.261. The van der Waals surface area contributed by atoms with E-state index in [1.165, 1.54) is 7.11 Å². The molecule has 2 aromatic carbocycles. The zero-order chi connectivity index (χ0) is 16.2. The number of nitrogens with one attached hydrogen (secondary N) is 1. The number of pyridine rings is 1. The molecule has 3 rings (SSSR count). The van der Waals surface area contributed by atoms with Crippen molar-refractivity contribution in [2.75, 3.05) is 19.5 Å². The third-order valence-corrected chi connectivity index (χ3v) is 3.51. The molecule has 0 spiro atoms. The molecule has 5 nitrogen and oxygen atoms in total. The number of benzene rings is 2. The van der Waals surface area contributed by atoms with Crippen LogP contribution < -0.4 is 14.8 Å². The molecule has 5 heteroatoms. The van der Waals surface area contributed by atoms with Crippen molar-refractivity contribution in [3.8, 4) is 11.5 Å². The largest absolute Gasteiger partial charge is 0.497 e. The molecule has 0 aliphatic heterocycles. The summed E-state index contributed by atoms with van der Waals surface area (Å²) in [6.07, 6.45) is 1.69. The van der Waals surface area contributed by atoms with E-state index in [1.54, 1.807) is 37.6 Å². The summed E-state index contributed by atoms with van der Waals surface area (Å²) in [6, 6.07) is 14.5. The van der Waals surface area contributed by atoms with Crippen LogP contribution in [0.1, 0.15) is 10.4 Å². The maximum Gasteiger partial charge on any atom is 0.259 e. The van der Waals surface area contributed by atoms with Crippen LogP contribution in [0, 0.1) is 0 Å². The number of carbonyl (C=O) groups excluding carboxylic acids is 1. The van der Waals surface area contributed by atoms with Gasteiger partial charge in [-0.3, -0.25) is 9.78 Å². The van der Waals surface area contributed by atoms with Crippen molar-refractivity contribution in [2.45, 2.75) is 0 Å². The highest BCUT2D eigenvalue weighted by Gasteiger charge is 2.14. The Labute approximate surface area is 133 Å². The Morgan fingerprint density at radius 3 is 2.65 bits per heavy atom. The lowest BCUT2D eigenvalue weighted by molar-refractivity contribution is 0.102. The second kappa shape index (κ2) is 6.36. The lowest BCUT2D eigenvalue weighted by Crippen LogP contribution is -2.13. The Morgan fingerprint density at radius 2 is 1.87 bits per heavy atom. The number of aromatic nitrogens is 1. The molecule has 0 saturated heterocycles. The number of anilines is 1. The van der Waals surface area contributed by atoms with Gasteiger partial charge in [0.2, 0.25) is 0 Å². The van der Waals surface area contributed by atoms with Crippen molar-refractivity contribution >= 4 is 22.5 Å². The van der Waals surface area contributed by atoms with Gasteiger partial charge in [-0.25, -0.2) is 0 Å². The van der Waals surface area contributed by atoms with Crippen LogP contribution in [0.15, 0.2) is 54.7 Å². The van der Waals surface area contributed by atoms with Gasteiger partial charge in [-0.05, 0) is 24.3 Å². The standard InChI is InChI=1S/C18H16N2O3/c1-22-13-10-12-6-5-9-19-17(12)15(11-13)20-18(21)14-7-3-4-8-16(14)23-2/h3-11H,1-2H3,(H,20,21). The molecule has 1 heterocycles. The molecular weight excluding hydrogens is 292 g/mol. The average molecular weight is 308 g/mol. The minimum Gasteiger partial charge on any atom is -0.497 e. The molecule has 0 radical (unpaired) electrons. The first-order valence-corrected chi connectivity index (χ1v) is 7.10. The summed E-state index contributed by atoms with van der Waals surface area (Å²) in [5.41, 5.74) is 1.76. The van der Waals surface area contributed by atoms with Gasteiger partial charge >= 0.3 is 0 Å². The van der Waals surface area contributed by atoms with E-state index >= 15 is 0 Å². The number of amides is 1. The first kappa shape index (κ1) is 14.8. The van der Waals surface area contributed by atoms with Gasteiger partial charge in [0.05, 0.1) is 31.0 Å². The van der Waals surface area contributed by atoms with E-state index in [-0.39, 0.29) is 5.91 Å². The molecule has 0 bridgehead atoms. The highest BCUT2D eigenvalue weighted by atomic mass is 16.5. The number of nitrogens with zero attached hydrogens (tertiary/aromatic N) is 1. The number of ether oxygens (including phenoxy) is 2. The van der Waals surface area contributed by atoms with Gasteiger partial charge in [0, 0.05) is 17.6 Å². The third-order valence-electron chi connectivity index (χ3n) is 3.51. The average Bonchev–Trinajstić information content (AvgIpc) is 2.61. The van der Waals surface area contributed by atoms with Crippen LogP contribution in [0.3, 0.4) is 0 Å². The molecule has 0 unspecified atom stereocenters. The number of methoxy groups -OCH3 is 2. The summed E-state index contributed by atoms with van der Waals surface area (Å²) in [5, 5.41) is 3.78. The van der Waals surface area contributed by atoms with Gasteiger partial charge in [-0.2, -0.15) is 0 Å². The molecule has 3 aromatic rings. The van der Waals surface area contributed by atoms with Gasteiger partial charge in [-0.15, -0.1) is 0 Å². The molecule has 0 fully saturated rings. The Hall–Kier alpha value is -3.08. The Kier molecular flexibility index (Phi) is 4.10. The van der Waals surface area contributed by atoms with Gasteiger partial charge in [0.1, 0.15) is 11.5 Å². The highest BCUT2D eigenvalue weighted by molar-refractivity contribution is 6.10. The van der Waals surface area contributed by atoms with Crippen molar-refractivity contribution < 1.29 is 14.3 Å². The smallest absolute Gasteiger partial charge is 0.259 e. The molecule has 0 aliphatic rings. The summed E-state index contributed by atoms with van der Waals surface area (Å²) in [5.74, 6) is 0.911. The lowest BCUT2D eigenvalue weighted by Gasteiger charge is -2.12. The number of para-hydroxylation sites is 1. The Morgan fingerprint density at radius 1 is 1.04 bits per heavy atom. The molecular formula is C18H16N2O3. The summed E-state index contributed by atoms with van der Waals surface area (Å²) in [4.78, 5) is 16.9. The maximum absolute atomic E-state index is 12.6. The summed E-state index contributed by atoms with van der Waals surface area (Å²) in [6.45, 7) is 0. The Bertz CT molecular complexity index is 862. The van der Waals surface area contributed by atoms with Crippen LogP contribution >= 0.6 is 0 Å². The lowest BCUT2D eigenvalue weighted by atomic mass is 10.1. The first-order chi connectivity index (χ1) is 11.2. The second-order valence-corrected chi connectivity index (χ2v) is 4.90. The van der Waals surface area contributed by atoms with Crippen molar-refractivity contribution in [2.24, 2.45) is 0 Å². The van der Waals surface area contributed by atoms with Gasteiger partial charge < -0.3 is 14.8 Å². The second-order valence-electron chi connectivity index (χ2n) is 4.90. The van der Waals surface area contributed by atoms with E-state index in [4.69, 9.17) is 9.47 Å². The zero-order valence-electron chi connectivity index (χ0n) is 12.9. The molecule has 0 atom stereocenters. The summed E-state index contributed by atoms with van der Waals surface area (Å²) >= 11 is 0.